The molecule has 4 aliphatic rings. The number of hydrogen-bond acceptors (Lipinski definition) is 1. The van der Waals surface area contributed by atoms with E-state index in [4.69, 9.17) is 12.2 Å². The van der Waals surface area contributed by atoms with E-state index < -0.39 is 0 Å². The molecule has 2 nitrogen and oxygen atoms in total. The van der Waals surface area contributed by atoms with E-state index in [1.165, 1.54) is 63.4 Å². The van der Waals surface area contributed by atoms with Gasteiger partial charge in [0.25, 0.3) is 0 Å². The number of anilines is 1. The molecule has 24 heavy (non-hydrogen) atoms. The molecule has 0 saturated heterocycles. The molecule has 0 amide bonds. The molecule has 4 aliphatic carbocycles. The van der Waals surface area contributed by atoms with Gasteiger partial charge in [0.1, 0.15) is 0 Å². The molecule has 0 atom stereocenters. The highest BCUT2D eigenvalue weighted by Crippen LogP contribution is 2.55. The number of thiocarbonyl (C=S) groups is 1. The first-order valence-corrected chi connectivity index (χ1v) is 10.2. The highest BCUT2D eigenvalue weighted by atomic mass is 32.1. The Kier molecular flexibility index (Phi) is 4.55. The molecule has 0 aromatic heterocycles. The Balaban J connectivity index is 1.35. The molecule has 0 aliphatic heterocycles. The lowest BCUT2D eigenvalue weighted by molar-refractivity contribution is -0.00972. The summed E-state index contributed by atoms with van der Waals surface area (Å²) in [5.74, 6) is 2.85. The molecular formula is C21H30N2S. The number of aryl methyl sites for hydroxylation is 1. The third kappa shape index (κ3) is 3.46. The number of unbranched alkanes of at least 4 members (excludes halogenated alkanes) is 1. The van der Waals surface area contributed by atoms with Gasteiger partial charge in [-0.15, -0.1) is 0 Å². The maximum Gasteiger partial charge on any atom is 0.171 e. The van der Waals surface area contributed by atoms with Crippen LogP contribution in [0.4, 0.5) is 5.69 Å². The SMILES string of the molecule is CCCCc1ccc(NC(=S)NC23CC4CC(CC(C4)C2)C3)cc1. The van der Waals surface area contributed by atoms with Gasteiger partial charge in [0.2, 0.25) is 0 Å². The van der Waals surface area contributed by atoms with E-state index in [1.54, 1.807) is 0 Å². The summed E-state index contributed by atoms with van der Waals surface area (Å²) in [6.07, 6.45) is 12.1. The van der Waals surface area contributed by atoms with Gasteiger partial charge in [-0.05, 0) is 99.0 Å². The molecule has 1 aromatic rings. The largest absolute Gasteiger partial charge is 0.357 e. The number of benzene rings is 1. The summed E-state index contributed by atoms with van der Waals surface area (Å²) >= 11 is 5.65. The first-order chi connectivity index (χ1) is 11.6. The van der Waals surface area contributed by atoms with Crippen LogP contribution in [0.3, 0.4) is 0 Å². The van der Waals surface area contributed by atoms with Crippen LogP contribution in [-0.2, 0) is 6.42 Å². The lowest BCUT2D eigenvalue weighted by Gasteiger charge is -2.57. The zero-order chi connectivity index (χ0) is 16.6. The second-order valence-corrected chi connectivity index (χ2v) is 8.99. The van der Waals surface area contributed by atoms with Gasteiger partial charge in [-0.1, -0.05) is 25.5 Å². The lowest BCUT2D eigenvalue weighted by Crippen LogP contribution is -2.60. The maximum atomic E-state index is 5.65. The third-order valence-corrected chi connectivity index (χ3v) is 6.65. The Morgan fingerprint density at radius 2 is 1.62 bits per heavy atom. The van der Waals surface area contributed by atoms with Gasteiger partial charge in [-0.25, -0.2) is 0 Å². The Morgan fingerprint density at radius 3 is 2.17 bits per heavy atom. The highest BCUT2D eigenvalue weighted by molar-refractivity contribution is 7.80. The lowest BCUT2D eigenvalue weighted by atomic mass is 9.53. The van der Waals surface area contributed by atoms with E-state index in [-0.39, 0.29) is 0 Å². The van der Waals surface area contributed by atoms with Gasteiger partial charge in [0.05, 0.1) is 0 Å². The number of rotatable bonds is 5. The van der Waals surface area contributed by atoms with E-state index in [1.807, 2.05) is 0 Å². The highest BCUT2D eigenvalue weighted by Gasteiger charge is 2.51. The van der Waals surface area contributed by atoms with E-state index >= 15 is 0 Å². The van der Waals surface area contributed by atoms with Crippen molar-refractivity contribution in [1.29, 1.82) is 0 Å². The molecule has 4 bridgehead atoms. The Morgan fingerprint density at radius 1 is 1.04 bits per heavy atom. The zero-order valence-electron chi connectivity index (χ0n) is 14.8. The topological polar surface area (TPSA) is 24.1 Å². The van der Waals surface area contributed by atoms with E-state index in [9.17, 15) is 0 Å². The fourth-order valence-electron chi connectivity index (χ4n) is 5.80. The van der Waals surface area contributed by atoms with Crippen LogP contribution in [0.25, 0.3) is 0 Å². The second kappa shape index (κ2) is 6.67. The van der Waals surface area contributed by atoms with Gasteiger partial charge in [0, 0.05) is 11.2 Å². The van der Waals surface area contributed by atoms with Crippen LogP contribution >= 0.6 is 12.2 Å². The van der Waals surface area contributed by atoms with Gasteiger partial charge in [-0.2, -0.15) is 0 Å². The molecular weight excluding hydrogens is 312 g/mol. The van der Waals surface area contributed by atoms with Crippen molar-refractivity contribution in [3.05, 3.63) is 29.8 Å². The summed E-state index contributed by atoms with van der Waals surface area (Å²) in [7, 11) is 0. The van der Waals surface area contributed by atoms with Crippen LogP contribution in [0.5, 0.6) is 0 Å². The van der Waals surface area contributed by atoms with Crippen LogP contribution in [0.2, 0.25) is 0 Å². The summed E-state index contributed by atoms with van der Waals surface area (Å²) < 4.78 is 0. The third-order valence-electron chi connectivity index (χ3n) is 6.45. The van der Waals surface area contributed by atoms with E-state index in [0.717, 1.165) is 28.6 Å². The minimum absolute atomic E-state index is 0.292. The summed E-state index contributed by atoms with van der Waals surface area (Å²) in [5.41, 5.74) is 2.82. The molecule has 4 saturated carbocycles. The average Bonchev–Trinajstić information content (AvgIpc) is 2.52. The predicted octanol–water partition coefficient (Wildman–Crippen LogP) is 5.28. The average molecular weight is 343 g/mol. The van der Waals surface area contributed by atoms with Crippen LogP contribution in [0, 0.1) is 17.8 Å². The van der Waals surface area contributed by atoms with Crippen LogP contribution in [0.1, 0.15) is 63.9 Å². The Hall–Kier alpha value is -1.09. The second-order valence-electron chi connectivity index (χ2n) is 8.58. The summed E-state index contributed by atoms with van der Waals surface area (Å²) in [6.45, 7) is 2.24. The molecule has 1 aromatic carbocycles. The van der Waals surface area contributed by atoms with Gasteiger partial charge in [-0.3, -0.25) is 0 Å². The molecule has 0 spiro atoms. The standard InChI is InChI=1S/C21H30N2S/c1-2-3-4-15-5-7-19(8-6-15)22-20(24)23-21-12-16-9-17(13-21)11-18(10-16)14-21/h5-8,16-18H,2-4,9-14H2,1H3,(H2,22,23,24). The Labute approximate surface area is 151 Å². The predicted molar refractivity (Wildman–Crippen MR) is 105 cm³/mol. The first-order valence-electron chi connectivity index (χ1n) is 9.82. The van der Waals surface area contributed by atoms with Crippen molar-refractivity contribution >= 4 is 23.0 Å². The molecule has 130 valence electrons. The van der Waals surface area contributed by atoms with Crippen molar-refractivity contribution in [2.75, 3.05) is 5.32 Å². The first kappa shape index (κ1) is 16.4. The van der Waals surface area contributed by atoms with Crippen molar-refractivity contribution < 1.29 is 0 Å². The minimum atomic E-state index is 0.292. The van der Waals surface area contributed by atoms with E-state index in [0.29, 0.717) is 5.54 Å². The van der Waals surface area contributed by atoms with Gasteiger partial charge >= 0.3 is 0 Å². The maximum absolute atomic E-state index is 5.65. The monoisotopic (exact) mass is 342 g/mol. The van der Waals surface area contributed by atoms with E-state index in [2.05, 4.69) is 41.8 Å². The summed E-state index contributed by atoms with van der Waals surface area (Å²) in [4.78, 5) is 0. The molecule has 0 unspecified atom stereocenters. The van der Waals surface area contributed by atoms with Crippen LogP contribution in [0.15, 0.2) is 24.3 Å². The zero-order valence-corrected chi connectivity index (χ0v) is 15.6. The van der Waals surface area contributed by atoms with Crippen molar-refractivity contribution in [3.8, 4) is 0 Å². The minimum Gasteiger partial charge on any atom is -0.357 e. The molecule has 4 fully saturated rings. The molecule has 5 rings (SSSR count). The van der Waals surface area contributed by atoms with Gasteiger partial charge < -0.3 is 10.6 Å². The quantitative estimate of drug-likeness (QED) is 0.712. The van der Waals surface area contributed by atoms with Crippen molar-refractivity contribution in [2.24, 2.45) is 17.8 Å². The number of nitrogens with one attached hydrogen (secondary N) is 2. The van der Waals surface area contributed by atoms with Crippen LogP contribution < -0.4 is 10.6 Å². The van der Waals surface area contributed by atoms with Gasteiger partial charge in [0.15, 0.2) is 5.11 Å². The molecule has 2 N–H and O–H groups in total. The molecule has 0 heterocycles. The fraction of sp³-hybridized carbons (Fsp3) is 0.667. The normalized spacial score (nSPS) is 33.5. The van der Waals surface area contributed by atoms with Crippen molar-refractivity contribution in [1.82, 2.24) is 5.32 Å². The van der Waals surface area contributed by atoms with Crippen molar-refractivity contribution in [3.63, 3.8) is 0 Å². The van der Waals surface area contributed by atoms with Crippen molar-refractivity contribution in [2.45, 2.75) is 70.3 Å². The molecule has 3 heteroatoms. The Bertz CT molecular complexity index is 557. The fourth-order valence-corrected chi connectivity index (χ4v) is 6.14. The smallest absolute Gasteiger partial charge is 0.171 e. The van der Waals surface area contributed by atoms with Crippen LogP contribution in [-0.4, -0.2) is 10.7 Å². The summed E-state index contributed by atoms with van der Waals surface area (Å²) in [6, 6.07) is 8.79. The summed E-state index contributed by atoms with van der Waals surface area (Å²) in [5, 5.41) is 7.98. The molecule has 0 radical (unpaired) electrons. The number of hydrogen-bond donors (Lipinski definition) is 2.